The Hall–Kier alpha value is -4.30. The van der Waals surface area contributed by atoms with Crippen LogP contribution < -0.4 is 9.80 Å². The zero-order chi connectivity index (χ0) is 31.1. The van der Waals surface area contributed by atoms with Crippen LogP contribution in [0.2, 0.25) is 0 Å². The van der Waals surface area contributed by atoms with Gasteiger partial charge in [-0.1, -0.05) is 122 Å². The lowest BCUT2D eigenvalue weighted by atomic mass is 9.88. The van der Waals surface area contributed by atoms with Gasteiger partial charge in [-0.15, -0.1) is 0 Å². The van der Waals surface area contributed by atoms with Gasteiger partial charge in [-0.3, -0.25) is 0 Å². The first kappa shape index (κ1) is 31.1. The van der Waals surface area contributed by atoms with Crippen LogP contribution in [0.15, 0.2) is 121 Å². The van der Waals surface area contributed by atoms with Crippen molar-refractivity contribution in [2.24, 2.45) is 0 Å². The highest BCUT2D eigenvalue weighted by atomic mass is 15.1. The molecule has 0 aliphatic rings. The highest BCUT2D eigenvalue weighted by Gasteiger charge is 2.14. The van der Waals surface area contributed by atoms with Crippen molar-refractivity contribution < 1.29 is 0 Å². The minimum absolute atomic E-state index is 0.341. The third-order valence-electron chi connectivity index (χ3n) is 9.20. The number of benzene rings is 5. The molecule has 0 amide bonds. The second kappa shape index (κ2) is 14.4. The molecule has 0 bridgehead atoms. The fourth-order valence-electron chi connectivity index (χ4n) is 6.00. The average Bonchev–Trinajstić information content (AvgIpc) is 3.07. The number of hydrogen-bond donors (Lipinski definition) is 0. The summed E-state index contributed by atoms with van der Waals surface area (Å²) in [6.07, 6.45) is 0. The summed E-state index contributed by atoms with van der Waals surface area (Å²) in [6.45, 7) is 17.2. The Kier molecular flexibility index (Phi) is 10.2. The van der Waals surface area contributed by atoms with Gasteiger partial charge in [-0.2, -0.15) is 0 Å². The fourth-order valence-corrected chi connectivity index (χ4v) is 6.00. The second-order valence-corrected chi connectivity index (χ2v) is 12.3. The summed E-state index contributed by atoms with van der Waals surface area (Å²) < 4.78 is 0. The topological polar surface area (TPSA) is 6.48 Å². The molecule has 2 heteroatoms. The van der Waals surface area contributed by atoms with Crippen molar-refractivity contribution in [1.29, 1.82) is 0 Å². The van der Waals surface area contributed by atoms with E-state index >= 15 is 0 Å². The maximum Gasteiger partial charge on any atom is 0.0429 e. The van der Waals surface area contributed by atoms with Crippen LogP contribution in [0.3, 0.4) is 0 Å². The summed E-state index contributed by atoms with van der Waals surface area (Å²) in [5, 5.41) is 0. The third kappa shape index (κ3) is 7.61. The summed E-state index contributed by atoms with van der Waals surface area (Å²) in [7, 11) is 0. The molecule has 0 aliphatic carbocycles. The fraction of sp³-hybridized carbons (Fsp3) is 0.286. The predicted molar refractivity (Wildman–Crippen MR) is 190 cm³/mol. The number of nitrogens with zero attached hydrogens (tertiary/aromatic N) is 2. The van der Waals surface area contributed by atoms with E-state index in [9.17, 15) is 0 Å². The molecule has 5 aromatic carbocycles. The highest BCUT2D eigenvalue weighted by Crippen LogP contribution is 2.31. The van der Waals surface area contributed by atoms with Crippen molar-refractivity contribution in [2.75, 3.05) is 22.9 Å². The molecular formula is C42H48N2. The van der Waals surface area contributed by atoms with Gasteiger partial charge in [0.25, 0.3) is 0 Å². The lowest BCUT2D eigenvalue weighted by Gasteiger charge is -2.24. The molecule has 0 saturated carbocycles. The molecule has 5 aromatic rings. The first-order chi connectivity index (χ1) is 21.3. The second-order valence-electron chi connectivity index (χ2n) is 12.3. The van der Waals surface area contributed by atoms with Gasteiger partial charge in [0, 0.05) is 49.4 Å². The molecular weight excluding hydrogens is 532 g/mol. The van der Waals surface area contributed by atoms with Crippen LogP contribution in [0.25, 0.3) is 0 Å². The molecule has 0 heterocycles. The summed E-state index contributed by atoms with van der Waals surface area (Å²) in [5.74, 6) is 0.682. The Morgan fingerprint density at radius 3 is 0.955 bits per heavy atom. The molecule has 5 rings (SSSR count). The van der Waals surface area contributed by atoms with Crippen molar-refractivity contribution >= 4 is 11.4 Å². The van der Waals surface area contributed by atoms with E-state index in [1.54, 1.807) is 0 Å². The minimum atomic E-state index is 0.341. The smallest absolute Gasteiger partial charge is 0.0429 e. The Labute approximate surface area is 266 Å². The summed E-state index contributed by atoms with van der Waals surface area (Å²) in [6, 6.07) is 45.3. The van der Waals surface area contributed by atoms with Crippen molar-refractivity contribution in [3.8, 4) is 0 Å². The molecule has 2 unspecified atom stereocenters. The first-order valence-electron chi connectivity index (χ1n) is 16.2. The maximum absolute atomic E-state index is 2.44. The molecule has 2 nitrogen and oxygen atoms in total. The monoisotopic (exact) mass is 580 g/mol. The van der Waals surface area contributed by atoms with Crippen LogP contribution in [0.5, 0.6) is 0 Å². The van der Waals surface area contributed by atoms with Gasteiger partial charge >= 0.3 is 0 Å². The molecule has 0 aliphatic heterocycles. The van der Waals surface area contributed by atoms with Crippen LogP contribution in [0.4, 0.5) is 11.4 Å². The molecule has 0 aromatic heterocycles. The summed E-state index contributed by atoms with van der Waals surface area (Å²) in [5.41, 5.74) is 13.3. The number of rotatable bonds is 12. The van der Waals surface area contributed by atoms with E-state index in [-0.39, 0.29) is 0 Å². The lowest BCUT2D eigenvalue weighted by Crippen LogP contribution is -2.21. The normalized spacial score (nSPS) is 12.5. The van der Waals surface area contributed by atoms with Gasteiger partial charge in [0.2, 0.25) is 0 Å². The molecule has 0 fully saturated rings. The van der Waals surface area contributed by atoms with Gasteiger partial charge in [0.05, 0.1) is 0 Å². The molecule has 226 valence electrons. The maximum atomic E-state index is 2.44. The van der Waals surface area contributed by atoms with E-state index in [2.05, 4.69) is 173 Å². The molecule has 0 radical (unpaired) electrons. The van der Waals surface area contributed by atoms with Gasteiger partial charge in [0.15, 0.2) is 0 Å². The van der Waals surface area contributed by atoms with Gasteiger partial charge in [-0.25, -0.2) is 0 Å². The Balaban J connectivity index is 1.21. The van der Waals surface area contributed by atoms with Crippen molar-refractivity contribution in [3.63, 3.8) is 0 Å². The first-order valence-corrected chi connectivity index (χ1v) is 16.2. The summed E-state index contributed by atoms with van der Waals surface area (Å²) >= 11 is 0. The van der Waals surface area contributed by atoms with Gasteiger partial charge in [0.1, 0.15) is 0 Å². The molecule has 2 atom stereocenters. The number of anilines is 2. The van der Waals surface area contributed by atoms with Crippen LogP contribution in [0, 0.1) is 13.8 Å². The van der Waals surface area contributed by atoms with E-state index in [0.717, 1.165) is 26.2 Å². The van der Waals surface area contributed by atoms with Crippen molar-refractivity contribution in [3.05, 3.63) is 166 Å². The number of aryl methyl sites for hydroxylation is 2. The quantitative estimate of drug-likeness (QED) is 0.145. The van der Waals surface area contributed by atoms with Crippen molar-refractivity contribution in [1.82, 2.24) is 0 Å². The molecule has 0 spiro atoms. The number of hydrogen-bond acceptors (Lipinski definition) is 2. The zero-order valence-corrected chi connectivity index (χ0v) is 27.4. The Bertz CT molecular complexity index is 1460. The largest absolute Gasteiger partial charge is 0.367 e. The van der Waals surface area contributed by atoms with Gasteiger partial charge in [-0.05, 0) is 85.3 Å². The molecule has 44 heavy (non-hydrogen) atoms. The van der Waals surface area contributed by atoms with Crippen LogP contribution in [-0.4, -0.2) is 13.1 Å². The van der Waals surface area contributed by atoms with Crippen LogP contribution >= 0.6 is 0 Å². The van der Waals surface area contributed by atoms with Crippen molar-refractivity contribution in [2.45, 2.75) is 66.5 Å². The molecule has 0 saturated heterocycles. The van der Waals surface area contributed by atoms with Gasteiger partial charge < -0.3 is 9.80 Å². The molecule has 0 N–H and O–H groups in total. The highest BCUT2D eigenvalue weighted by molar-refractivity contribution is 5.51. The van der Waals surface area contributed by atoms with Crippen LogP contribution in [-0.2, 0) is 13.1 Å². The lowest BCUT2D eigenvalue weighted by molar-refractivity contribution is 0.829. The third-order valence-corrected chi connectivity index (χ3v) is 9.20. The Morgan fingerprint density at radius 1 is 0.409 bits per heavy atom. The SMILES string of the molecule is CCN(Cc1ccc(C)cc1)c1ccc(C(C)c2ccc(C(C)c3ccc(N(CC)Cc4ccc(C)cc4)cc3)cc2)cc1. The van der Waals surface area contributed by atoms with E-state index in [4.69, 9.17) is 0 Å². The van der Waals surface area contributed by atoms with E-state index < -0.39 is 0 Å². The Morgan fingerprint density at radius 2 is 0.682 bits per heavy atom. The predicted octanol–water partition coefficient (Wildman–Crippen LogP) is 10.7. The standard InChI is InChI=1S/C42H48N2/c1-7-43(29-35-13-9-31(3)10-14-35)41-25-21-39(22-26-41)33(5)37-17-19-38(20-18-37)34(6)40-23-27-42(28-24-40)44(8-2)30-36-15-11-32(4)12-16-36/h9-28,33-34H,7-8,29-30H2,1-6H3. The van der Waals surface area contributed by atoms with E-state index in [1.807, 2.05) is 0 Å². The van der Waals surface area contributed by atoms with E-state index in [1.165, 1.54) is 55.9 Å². The zero-order valence-electron chi connectivity index (χ0n) is 27.4. The van der Waals surface area contributed by atoms with Crippen LogP contribution in [0.1, 0.15) is 84.0 Å². The summed E-state index contributed by atoms with van der Waals surface area (Å²) in [4.78, 5) is 4.87. The minimum Gasteiger partial charge on any atom is -0.367 e. The van der Waals surface area contributed by atoms with E-state index in [0.29, 0.717) is 11.8 Å². The average molecular weight is 581 g/mol.